The molecule has 0 atom stereocenters. The molecule has 0 aliphatic heterocycles. The van der Waals surface area contributed by atoms with Crippen molar-refractivity contribution in [2.24, 2.45) is 0 Å². The molecule has 4 aromatic rings. The van der Waals surface area contributed by atoms with Gasteiger partial charge in [0.2, 0.25) is 0 Å². The maximum Gasteiger partial charge on any atom is 0.435 e. The Morgan fingerprint density at radius 2 is 1.65 bits per heavy atom. The van der Waals surface area contributed by atoms with Gasteiger partial charge < -0.3 is 10.1 Å². The Labute approximate surface area is 195 Å². The third kappa shape index (κ3) is 5.20. The Balaban J connectivity index is 1.53. The average Bonchev–Trinajstić information content (AvgIpc) is 3.27. The summed E-state index contributed by atoms with van der Waals surface area (Å²) in [6, 6.07) is 18.4. The molecule has 0 saturated heterocycles. The highest BCUT2D eigenvalue weighted by molar-refractivity contribution is 7.99. The molecule has 0 aliphatic rings. The Kier molecular flexibility index (Phi) is 6.55. The highest BCUT2D eigenvalue weighted by atomic mass is 32.2. The molecule has 1 amide bonds. The fraction of sp³-hybridized carbons (Fsp3) is 0.0870. The second-order valence-electron chi connectivity index (χ2n) is 6.93. The van der Waals surface area contributed by atoms with Crippen molar-refractivity contribution in [2.75, 3.05) is 12.4 Å². The largest absolute Gasteiger partial charge is 0.497 e. The minimum atomic E-state index is -4.96. The van der Waals surface area contributed by atoms with Crippen LogP contribution in [0.4, 0.5) is 23.2 Å². The predicted molar refractivity (Wildman–Crippen MR) is 118 cm³/mol. The number of nitrogens with zero attached hydrogens (tertiary/aromatic N) is 3. The summed E-state index contributed by atoms with van der Waals surface area (Å²) in [5.74, 6) is -1.11. The zero-order valence-corrected chi connectivity index (χ0v) is 18.3. The van der Waals surface area contributed by atoms with Gasteiger partial charge in [0.15, 0.2) is 11.4 Å². The number of benzene rings is 3. The molecule has 0 fully saturated rings. The number of carbonyl (C=O) groups is 1. The van der Waals surface area contributed by atoms with Crippen molar-refractivity contribution in [1.29, 1.82) is 0 Å². The van der Waals surface area contributed by atoms with Crippen LogP contribution in [0, 0.1) is 5.82 Å². The number of methoxy groups -OCH3 is 1. The van der Waals surface area contributed by atoms with Crippen LogP contribution in [0.3, 0.4) is 0 Å². The molecule has 3 aromatic carbocycles. The molecule has 174 valence electrons. The number of hydrogen-bond donors (Lipinski definition) is 1. The Hall–Kier alpha value is -3.86. The highest BCUT2D eigenvalue weighted by Gasteiger charge is 2.42. The molecule has 4 rings (SSSR count). The zero-order chi connectivity index (χ0) is 24.3. The molecule has 0 unspecified atom stereocenters. The van der Waals surface area contributed by atoms with Crippen molar-refractivity contribution in [3.8, 4) is 11.4 Å². The van der Waals surface area contributed by atoms with Gasteiger partial charge in [0.05, 0.1) is 12.8 Å². The summed E-state index contributed by atoms with van der Waals surface area (Å²) in [7, 11) is 1.58. The first-order chi connectivity index (χ1) is 16.2. The van der Waals surface area contributed by atoms with Gasteiger partial charge in [0, 0.05) is 15.5 Å². The Morgan fingerprint density at radius 1 is 1.00 bits per heavy atom. The van der Waals surface area contributed by atoms with Gasteiger partial charge in [-0.2, -0.15) is 13.2 Å². The SMILES string of the molecule is COc1ccc(Sc2ccc(NC(=O)c3nnn(-c4cccc(F)c4)c3C(F)(F)F)cc2)cc1. The molecule has 0 bridgehead atoms. The minimum Gasteiger partial charge on any atom is -0.497 e. The number of anilines is 1. The van der Waals surface area contributed by atoms with E-state index in [0.29, 0.717) is 4.68 Å². The number of halogens is 4. The zero-order valence-electron chi connectivity index (χ0n) is 17.5. The summed E-state index contributed by atoms with van der Waals surface area (Å²) < 4.78 is 60.3. The second-order valence-corrected chi connectivity index (χ2v) is 8.08. The summed E-state index contributed by atoms with van der Waals surface area (Å²) in [5.41, 5.74) is -2.26. The molecular formula is C23H16F4N4O2S. The van der Waals surface area contributed by atoms with E-state index in [0.717, 1.165) is 27.7 Å². The van der Waals surface area contributed by atoms with E-state index < -0.39 is 29.3 Å². The van der Waals surface area contributed by atoms with Crippen molar-refractivity contribution in [2.45, 2.75) is 16.0 Å². The Bertz CT molecular complexity index is 1310. The lowest BCUT2D eigenvalue weighted by atomic mass is 10.2. The summed E-state index contributed by atoms with van der Waals surface area (Å²) in [5, 5.41) is 9.25. The summed E-state index contributed by atoms with van der Waals surface area (Å²) in [6.07, 6.45) is -4.96. The van der Waals surface area contributed by atoms with Gasteiger partial charge in [0.1, 0.15) is 11.6 Å². The molecule has 1 aromatic heterocycles. The van der Waals surface area contributed by atoms with E-state index in [4.69, 9.17) is 4.74 Å². The molecule has 34 heavy (non-hydrogen) atoms. The standard InChI is InChI=1S/C23H16F4N4O2S/c1-33-17-7-11-19(12-8-17)34-18-9-5-15(6-10-18)28-22(32)20-21(23(25,26)27)31(30-29-20)16-4-2-3-14(24)13-16/h2-13H,1H3,(H,28,32). The quantitative estimate of drug-likeness (QED) is 0.346. The molecule has 1 N–H and O–H groups in total. The van der Waals surface area contributed by atoms with Crippen molar-refractivity contribution in [3.05, 3.63) is 90.0 Å². The number of carbonyl (C=O) groups excluding carboxylic acids is 1. The number of hydrogen-bond acceptors (Lipinski definition) is 5. The number of aromatic nitrogens is 3. The summed E-state index contributed by atoms with van der Waals surface area (Å²) in [6.45, 7) is 0. The summed E-state index contributed by atoms with van der Waals surface area (Å²) >= 11 is 1.47. The predicted octanol–water partition coefficient (Wildman–Crippen LogP) is 5.84. The normalized spacial score (nSPS) is 11.3. The maximum atomic E-state index is 13.7. The second kappa shape index (κ2) is 9.56. The first-order valence-electron chi connectivity index (χ1n) is 9.77. The van der Waals surface area contributed by atoms with Gasteiger partial charge in [-0.15, -0.1) is 5.10 Å². The van der Waals surface area contributed by atoms with Crippen molar-refractivity contribution in [3.63, 3.8) is 0 Å². The third-order valence-electron chi connectivity index (χ3n) is 4.61. The monoisotopic (exact) mass is 488 g/mol. The third-order valence-corrected chi connectivity index (χ3v) is 5.63. The number of ether oxygens (including phenoxy) is 1. The minimum absolute atomic E-state index is 0.209. The van der Waals surface area contributed by atoms with E-state index in [9.17, 15) is 22.4 Å². The maximum absolute atomic E-state index is 13.7. The van der Waals surface area contributed by atoms with E-state index >= 15 is 0 Å². The first-order valence-corrected chi connectivity index (χ1v) is 10.6. The lowest BCUT2D eigenvalue weighted by molar-refractivity contribution is -0.143. The van der Waals surface area contributed by atoms with E-state index in [1.165, 1.54) is 23.9 Å². The van der Waals surface area contributed by atoms with E-state index in [1.807, 2.05) is 24.3 Å². The molecule has 11 heteroatoms. The molecule has 6 nitrogen and oxygen atoms in total. The fourth-order valence-electron chi connectivity index (χ4n) is 3.05. The van der Waals surface area contributed by atoms with Crippen LogP contribution >= 0.6 is 11.8 Å². The van der Waals surface area contributed by atoms with Crippen molar-refractivity contribution < 1.29 is 27.1 Å². The lowest BCUT2D eigenvalue weighted by Gasteiger charge is -2.11. The fourth-order valence-corrected chi connectivity index (χ4v) is 3.87. The highest BCUT2D eigenvalue weighted by Crippen LogP contribution is 2.34. The topological polar surface area (TPSA) is 69.0 Å². The van der Waals surface area contributed by atoms with Gasteiger partial charge in [-0.3, -0.25) is 4.79 Å². The first kappa shape index (κ1) is 23.3. The van der Waals surface area contributed by atoms with Crippen LogP contribution in [0.1, 0.15) is 16.2 Å². The van der Waals surface area contributed by atoms with Crippen LogP contribution < -0.4 is 10.1 Å². The molecule has 0 aliphatic carbocycles. The van der Waals surface area contributed by atoms with E-state index in [2.05, 4.69) is 15.6 Å². The van der Waals surface area contributed by atoms with Gasteiger partial charge >= 0.3 is 6.18 Å². The van der Waals surface area contributed by atoms with Crippen LogP contribution in [0.2, 0.25) is 0 Å². The van der Waals surface area contributed by atoms with Crippen LogP contribution in [-0.2, 0) is 6.18 Å². The van der Waals surface area contributed by atoms with Crippen LogP contribution in [0.25, 0.3) is 5.69 Å². The van der Waals surface area contributed by atoms with E-state index in [1.54, 1.807) is 31.4 Å². The molecule has 1 heterocycles. The van der Waals surface area contributed by atoms with Crippen molar-refractivity contribution >= 4 is 23.4 Å². The number of amides is 1. The molecule has 0 spiro atoms. The van der Waals surface area contributed by atoms with Crippen LogP contribution in [-0.4, -0.2) is 28.0 Å². The number of alkyl halides is 3. The Morgan fingerprint density at radius 3 is 2.24 bits per heavy atom. The van der Waals surface area contributed by atoms with Crippen LogP contribution in [0.5, 0.6) is 5.75 Å². The van der Waals surface area contributed by atoms with Gasteiger partial charge in [-0.1, -0.05) is 23.0 Å². The van der Waals surface area contributed by atoms with Gasteiger partial charge in [0.25, 0.3) is 5.91 Å². The average molecular weight is 488 g/mol. The number of rotatable bonds is 6. The van der Waals surface area contributed by atoms with Gasteiger partial charge in [-0.05, 0) is 66.7 Å². The molecule has 0 radical (unpaired) electrons. The smallest absolute Gasteiger partial charge is 0.435 e. The summed E-state index contributed by atoms with van der Waals surface area (Å²) in [4.78, 5) is 14.4. The lowest BCUT2D eigenvalue weighted by Crippen LogP contribution is -2.21. The molecule has 0 saturated carbocycles. The van der Waals surface area contributed by atoms with E-state index in [-0.39, 0.29) is 11.4 Å². The molecular weight excluding hydrogens is 472 g/mol. The van der Waals surface area contributed by atoms with Crippen LogP contribution in [0.15, 0.2) is 82.6 Å². The van der Waals surface area contributed by atoms with Crippen molar-refractivity contribution in [1.82, 2.24) is 15.0 Å². The van der Waals surface area contributed by atoms with Gasteiger partial charge in [-0.25, -0.2) is 9.07 Å². The number of nitrogens with one attached hydrogen (secondary N) is 1.